The normalized spacial score (nSPS) is 10.3. The Morgan fingerprint density at radius 3 is 1.77 bits per heavy atom. The van der Waals surface area contributed by atoms with Gasteiger partial charge in [-0.1, -0.05) is 13.8 Å². The van der Waals surface area contributed by atoms with Crippen LogP contribution in [0.3, 0.4) is 0 Å². The van der Waals surface area contributed by atoms with Crippen LogP contribution < -0.4 is 0 Å². The highest BCUT2D eigenvalue weighted by molar-refractivity contribution is 7.99. The first-order valence-corrected chi connectivity index (χ1v) is 9.64. The lowest BCUT2D eigenvalue weighted by atomic mass is 10.6. The Morgan fingerprint density at radius 1 is 1.00 bits per heavy atom. The van der Waals surface area contributed by atoms with Gasteiger partial charge in [-0.25, -0.2) is 14.2 Å². The summed E-state index contributed by atoms with van der Waals surface area (Å²) >= 11 is 3.37. The highest BCUT2D eigenvalue weighted by Crippen LogP contribution is 2.21. The van der Waals surface area contributed by atoms with Gasteiger partial charge in [-0.05, 0) is 24.3 Å². The zero-order valence-electron chi connectivity index (χ0n) is 12.4. The van der Waals surface area contributed by atoms with E-state index in [2.05, 4.69) is 33.8 Å². The monoisotopic (exact) mass is 384 g/mol. The molecule has 6 nitrogen and oxygen atoms in total. The van der Waals surface area contributed by atoms with Crippen LogP contribution in [0.1, 0.15) is 26.7 Å². The van der Waals surface area contributed by atoms with Crippen LogP contribution in [-0.4, -0.2) is 41.1 Å². The van der Waals surface area contributed by atoms with E-state index < -0.39 is 10.8 Å². The minimum atomic E-state index is -1.38. The molecule has 0 saturated carbocycles. The van der Waals surface area contributed by atoms with E-state index in [1.807, 2.05) is 0 Å². The molecule has 0 fully saturated rings. The third-order valence-electron chi connectivity index (χ3n) is 2.33. The van der Waals surface area contributed by atoms with Gasteiger partial charge >= 0.3 is 0 Å². The Bertz CT molecular complexity index is 528. The molecule has 0 aliphatic rings. The van der Waals surface area contributed by atoms with Gasteiger partial charge < -0.3 is 15.4 Å². The highest BCUT2D eigenvalue weighted by Gasteiger charge is 2.15. The van der Waals surface area contributed by atoms with Crippen molar-refractivity contribution in [2.45, 2.75) is 47.1 Å². The molecule has 126 valence electrons. The summed E-state index contributed by atoms with van der Waals surface area (Å²) < 4.78 is 12.3. The average Bonchev–Trinajstić information content (AvgIpc) is 3.11. The molecular weight excluding hydrogens is 364 g/mol. The number of aromatic nitrogens is 4. The summed E-state index contributed by atoms with van der Waals surface area (Å²) in [5.74, 6) is 2.04. The lowest BCUT2D eigenvalue weighted by Crippen LogP contribution is -1.97. The van der Waals surface area contributed by atoms with E-state index in [1.54, 1.807) is 35.9 Å². The molecule has 2 heterocycles. The molecule has 0 unspecified atom stereocenters. The van der Waals surface area contributed by atoms with E-state index >= 15 is 0 Å². The zero-order chi connectivity index (χ0) is 14.4. The summed E-state index contributed by atoms with van der Waals surface area (Å²) in [5.41, 5.74) is 0. The molecule has 0 bridgehead atoms. The number of nitrogens with zero attached hydrogens (tertiary/aromatic N) is 2. The molecule has 0 aliphatic carbocycles. The summed E-state index contributed by atoms with van der Waals surface area (Å²) in [6.07, 6.45) is 5.64. The van der Waals surface area contributed by atoms with Gasteiger partial charge in [0.15, 0.2) is 10.8 Å². The molecule has 2 rings (SSSR count). The number of H-pyrrole nitrogens is 2. The molecule has 0 aromatic carbocycles. The number of hydrogen-bond donors (Lipinski definition) is 2. The lowest BCUT2D eigenvalue weighted by Gasteiger charge is -1.95. The molecule has 0 aliphatic heterocycles. The molecule has 0 spiro atoms. The standard InChI is InChI=1S/C12H18N4OS3.ClH.H2O/c1-3-5-18-9-7-13-11(15-9)20(17)12-14-8-10(16-12)19-6-4-2;;/h7-8H,3-6H2,1-2H3,(H,13,15)(H,14,16);1H;1H2. The SMILES string of the molecule is CCCSc1cnc(S(=O)c2ncc(SCCC)[nH]2)[nH]1.Cl.O. The van der Waals surface area contributed by atoms with Crippen LogP contribution in [0.5, 0.6) is 0 Å². The molecule has 0 radical (unpaired) electrons. The molecule has 0 atom stereocenters. The maximum atomic E-state index is 12.3. The second kappa shape index (κ2) is 11.1. The number of nitrogens with one attached hydrogen (secondary N) is 2. The number of imidazole rings is 2. The van der Waals surface area contributed by atoms with Gasteiger partial charge in [-0.2, -0.15) is 0 Å². The fraction of sp³-hybridized carbons (Fsp3) is 0.500. The predicted octanol–water partition coefficient (Wildman–Crippen LogP) is 2.90. The minimum absolute atomic E-state index is 0. The van der Waals surface area contributed by atoms with Crippen molar-refractivity contribution in [1.82, 2.24) is 19.9 Å². The van der Waals surface area contributed by atoms with Crippen LogP contribution in [0.2, 0.25) is 0 Å². The van der Waals surface area contributed by atoms with E-state index in [0.717, 1.165) is 34.4 Å². The van der Waals surface area contributed by atoms with E-state index in [1.165, 1.54) is 0 Å². The molecule has 0 amide bonds. The second-order valence-electron chi connectivity index (χ2n) is 4.07. The Labute approximate surface area is 147 Å². The Morgan fingerprint density at radius 2 is 1.41 bits per heavy atom. The maximum Gasteiger partial charge on any atom is 0.205 e. The van der Waals surface area contributed by atoms with Gasteiger partial charge in [-0.15, -0.1) is 35.9 Å². The first-order valence-electron chi connectivity index (χ1n) is 6.52. The van der Waals surface area contributed by atoms with Crippen molar-refractivity contribution in [3.8, 4) is 0 Å². The van der Waals surface area contributed by atoms with E-state index in [0.29, 0.717) is 10.3 Å². The smallest absolute Gasteiger partial charge is 0.205 e. The summed E-state index contributed by atoms with van der Waals surface area (Å²) in [5, 5.41) is 2.79. The van der Waals surface area contributed by atoms with Crippen LogP contribution in [-0.2, 0) is 10.8 Å². The fourth-order valence-electron chi connectivity index (χ4n) is 1.43. The number of rotatable bonds is 8. The first-order chi connectivity index (χ1) is 9.74. The molecule has 10 heteroatoms. The van der Waals surface area contributed by atoms with E-state index in [4.69, 9.17) is 0 Å². The summed E-state index contributed by atoms with van der Waals surface area (Å²) in [6.45, 7) is 4.25. The van der Waals surface area contributed by atoms with Crippen LogP contribution in [0, 0.1) is 0 Å². The second-order valence-corrected chi connectivity index (χ2v) is 7.66. The Kier molecular flexibility index (Phi) is 10.9. The maximum absolute atomic E-state index is 12.3. The first kappa shape index (κ1) is 21.5. The third kappa shape index (κ3) is 5.96. The summed E-state index contributed by atoms with van der Waals surface area (Å²) in [4.78, 5) is 14.5. The Hall–Kier alpha value is -0.480. The number of aromatic amines is 2. The van der Waals surface area contributed by atoms with E-state index in [9.17, 15) is 4.21 Å². The van der Waals surface area contributed by atoms with E-state index in [-0.39, 0.29) is 17.9 Å². The number of halogens is 1. The summed E-state index contributed by atoms with van der Waals surface area (Å²) in [6, 6.07) is 0. The molecule has 2 aromatic rings. The van der Waals surface area contributed by atoms with Crippen molar-refractivity contribution in [3.05, 3.63) is 12.4 Å². The van der Waals surface area contributed by atoms with Gasteiger partial charge in [0, 0.05) is 0 Å². The van der Waals surface area contributed by atoms with Crippen molar-refractivity contribution < 1.29 is 9.69 Å². The fourth-order valence-corrected chi connectivity index (χ4v) is 3.88. The van der Waals surface area contributed by atoms with Crippen molar-refractivity contribution in [2.75, 3.05) is 11.5 Å². The molecule has 4 N–H and O–H groups in total. The summed E-state index contributed by atoms with van der Waals surface area (Å²) in [7, 11) is -1.38. The molecular formula is C12H21ClN4O2S3. The minimum Gasteiger partial charge on any atom is -0.412 e. The number of thioether (sulfide) groups is 2. The third-order valence-corrected chi connectivity index (χ3v) is 5.71. The molecule has 2 aromatic heterocycles. The molecule has 22 heavy (non-hydrogen) atoms. The predicted molar refractivity (Wildman–Crippen MR) is 94.7 cm³/mol. The van der Waals surface area contributed by atoms with Gasteiger partial charge in [0.2, 0.25) is 10.3 Å². The average molecular weight is 385 g/mol. The van der Waals surface area contributed by atoms with Crippen LogP contribution >= 0.6 is 35.9 Å². The van der Waals surface area contributed by atoms with Crippen molar-refractivity contribution >= 4 is 46.7 Å². The van der Waals surface area contributed by atoms with Crippen LogP contribution in [0.15, 0.2) is 32.8 Å². The highest BCUT2D eigenvalue weighted by atomic mass is 35.5. The van der Waals surface area contributed by atoms with Crippen LogP contribution in [0.25, 0.3) is 0 Å². The largest absolute Gasteiger partial charge is 0.412 e. The number of hydrogen-bond acceptors (Lipinski definition) is 5. The Balaban J connectivity index is 0.00000220. The quantitative estimate of drug-likeness (QED) is 0.680. The zero-order valence-corrected chi connectivity index (χ0v) is 15.7. The van der Waals surface area contributed by atoms with Gasteiger partial charge in [0.05, 0.1) is 22.4 Å². The van der Waals surface area contributed by atoms with Crippen molar-refractivity contribution in [2.24, 2.45) is 0 Å². The topological polar surface area (TPSA) is 106 Å². The van der Waals surface area contributed by atoms with Crippen molar-refractivity contribution in [1.29, 1.82) is 0 Å². The van der Waals surface area contributed by atoms with Gasteiger partial charge in [-0.3, -0.25) is 0 Å². The van der Waals surface area contributed by atoms with Gasteiger partial charge in [0.1, 0.15) is 0 Å². The molecule has 0 saturated heterocycles. The lowest BCUT2D eigenvalue weighted by molar-refractivity contribution is 0.670. The van der Waals surface area contributed by atoms with Gasteiger partial charge in [0.25, 0.3) is 0 Å². The van der Waals surface area contributed by atoms with Crippen LogP contribution in [0.4, 0.5) is 0 Å². The van der Waals surface area contributed by atoms with Crippen molar-refractivity contribution in [3.63, 3.8) is 0 Å².